The van der Waals surface area contributed by atoms with E-state index in [0.29, 0.717) is 16.7 Å². The molecule has 0 aliphatic heterocycles. The molecule has 6 rings (SSSR count). The highest BCUT2D eigenvalue weighted by atomic mass is 14.5. The van der Waals surface area contributed by atoms with Crippen LogP contribution in [0.15, 0.2) is 133 Å². The highest BCUT2D eigenvalue weighted by Crippen LogP contribution is 2.40. The molecule has 0 saturated heterocycles. The van der Waals surface area contributed by atoms with Gasteiger partial charge in [-0.15, -0.1) is 0 Å². The third-order valence-electron chi connectivity index (χ3n) is 8.22. The van der Waals surface area contributed by atoms with Crippen molar-refractivity contribution in [2.75, 3.05) is 0 Å². The summed E-state index contributed by atoms with van der Waals surface area (Å²) in [6.45, 7) is 5.54. The molecule has 208 valence electrons. The highest BCUT2D eigenvalue weighted by Gasteiger charge is 2.13. The number of benzene rings is 6. The van der Waals surface area contributed by atoms with Crippen molar-refractivity contribution >= 4 is 49.7 Å². The van der Waals surface area contributed by atoms with E-state index in [1.54, 1.807) is 6.08 Å². The fraction of sp³-hybridized carbons (Fsp3) is 0.0250. The van der Waals surface area contributed by atoms with Crippen LogP contribution in [-0.2, 0) is 0 Å². The van der Waals surface area contributed by atoms with Crippen LogP contribution < -0.4 is 5.73 Å². The van der Waals surface area contributed by atoms with Gasteiger partial charge in [-0.2, -0.15) is 10.5 Å². The molecule has 0 atom stereocenters. The van der Waals surface area contributed by atoms with Crippen LogP contribution in [-0.4, -0.2) is 6.21 Å². The second kappa shape index (κ2) is 11.6. The molecule has 6 aromatic carbocycles. The first kappa shape index (κ1) is 27.9. The number of rotatable bonds is 7. The molecule has 0 heterocycles. The first-order valence-electron chi connectivity index (χ1n) is 14.2. The summed E-state index contributed by atoms with van der Waals surface area (Å²) >= 11 is 0. The molecular weight excluding hydrogens is 536 g/mol. The zero-order chi connectivity index (χ0) is 30.8. The van der Waals surface area contributed by atoms with E-state index >= 15 is 0 Å². The van der Waals surface area contributed by atoms with Crippen LogP contribution in [0.1, 0.15) is 18.1 Å². The van der Waals surface area contributed by atoms with E-state index in [1.165, 1.54) is 50.8 Å². The lowest BCUT2D eigenvalue weighted by atomic mass is 9.89. The van der Waals surface area contributed by atoms with Gasteiger partial charge in [0, 0.05) is 23.6 Å². The van der Waals surface area contributed by atoms with Gasteiger partial charge < -0.3 is 11.1 Å². The zero-order valence-corrected chi connectivity index (χ0v) is 24.2. The second-order valence-electron chi connectivity index (χ2n) is 10.6. The fourth-order valence-electron chi connectivity index (χ4n) is 6.01. The van der Waals surface area contributed by atoms with Gasteiger partial charge in [-0.05, 0) is 96.9 Å². The van der Waals surface area contributed by atoms with E-state index < -0.39 is 0 Å². The molecule has 0 aliphatic carbocycles. The summed E-state index contributed by atoms with van der Waals surface area (Å²) in [6.07, 6.45) is 5.95. The van der Waals surface area contributed by atoms with Crippen molar-refractivity contribution in [2.24, 2.45) is 5.73 Å². The summed E-state index contributed by atoms with van der Waals surface area (Å²) in [5.74, 6) is 0. The molecule has 0 unspecified atom stereocenters. The van der Waals surface area contributed by atoms with Gasteiger partial charge in [0.05, 0.1) is 23.3 Å². The van der Waals surface area contributed by atoms with E-state index in [0.717, 1.165) is 39.0 Å². The molecule has 4 heteroatoms. The monoisotopic (exact) mass is 564 g/mol. The van der Waals surface area contributed by atoms with E-state index in [9.17, 15) is 10.5 Å². The van der Waals surface area contributed by atoms with Gasteiger partial charge >= 0.3 is 0 Å². The SMILES string of the molecule is C=C/C(C#N)=C(\C=N)c1ccc(-c2cc3ccc4cc(-c5ccc(C(=C/N)/C(C#N)=C\C)cc5)cc5ccc(c2)c3c45)cc1. The van der Waals surface area contributed by atoms with Crippen LogP contribution in [0.4, 0.5) is 0 Å². The maximum Gasteiger partial charge on any atom is 0.0998 e. The summed E-state index contributed by atoms with van der Waals surface area (Å²) < 4.78 is 0. The van der Waals surface area contributed by atoms with Gasteiger partial charge in [0.1, 0.15) is 0 Å². The Labute approximate surface area is 256 Å². The Bertz CT molecular complexity index is 2200. The fourth-order valence-corrected chi connectivity index (χ4v) is 6.01. The van der Waals surface area contributed by atoms with Gasteiger partial charge in [0.25, 0.3) is 0 Å². The van der Waals surface area contributed by atoms with Gasteiger partial charge in [0.15, 0.2) is 0 Å². The molecule has 0 aliphatic rings. The lowest BCUT2D eigenvalue weighted by molar-refractivity contribution is 1.45. The van der Waals surface area contributed by atoms with Crippen LogP contribution in [0.3, 0.4) is 0 Å². The molecule has 0 bridgehead atoms. The number of nitrogens with two attached hydrogens (primary N) is 1. The molecular formula is C40H28N4. The van der Waals surface area contributed by atoms with Crippen molar-refractivity contribution in [3.8, 4) is 34.4 Å². The first-order chi connectivity index (χ1) is 21.5. The van der Waals surface area contributed by atoms with Gasteiger partial charge in [0.2, 0.25) is 0 Å². The van der Waals surface area contributed by atoms with Crippen LogP contribution in [0.2, 0.25) is 0 Å². The topological polar surface area (TPSA) is 97.4 Å². The molecule has 44 heavy (non-hydrogen) atoms. The largest absolute Gasteiger partial charge is 0.404 e. The van der Waals surface area contributed by atoms with Crippen molar-refractivity contribution in [1.82, 2.24) is 0 Å². The zero-order valence-electron chi connectivity index (χ0n) is 24.2. The molecule has 0 aromatic heterocycles. The predicted octanol–water partition coefficient (Wildman–Crippen LogP) is 9.80. The maximum absolute atomic E-state index is 9.46. The second-order valence-corrected chi connectivity index (χ2v) is 10.6. The summed E-state index contributed by atoms with van der Waals surface area (Å²) in [5, 5.41) is 33.8. The molecule has 0 saturated carbocycles. The van der Waals surface area contributed by atoms with Crippen LogP contribution in [0, 0.1) is 28.1 Å². The van der Waals surface area contributed by atoms with Crippen molar-refractivity contribution in [3.05, 3.63) is 144 Å². The average Bonchev–Trinajstić information content (AvgIpc) is 3.08. The Hall–Kier alpha value is -6.23. The Balaban J connectivity index is 1.39. The summed E-state index contributed by atoms with van der Waals surface area (Å²) in [6, 6.07) is 38.2. The van der Waals surface area contributed by atoms with E-state index in [1.807, 2.05) is 43.3 Å². The molecule has 0 radical (unpaired) electrons. The molecule has 0 amide bonds. The van der Waals surface area contributed by atoms with E-state index in [2.05, 4.69) is 79.4 Å². The minimum absolute atomic E-state index is 0.382. The van der Waals surface area contributed by atoms with Crippen molar-refractivity contribution in [3.63, 3.8) is 0 Å². The minimum atomic E-state index is 0.382. The van der Waals surface area contributed by atoms with E-state index in [-0.39, 0.29) is 0 Å². The molecule has 3 N–H and O–H groups in total. The number of allylic oxidation sites excluding steroid dienone is 6. The van der Waals surface area contributed by atoms with E-state index in [4.69, 9.17) is 11.1 Å². The maximum atomic E-state index is 9.46. The third kappa shape index (κ3) is 4.71. The molecule has 0 spiro atoms. The van der Waals surface area contributed by atoms with Crippen LogP contribution in [0.5, 0.6) is 0 Å². The number of hydrogen-bond acceptors (Lipinski definition) is 4. The van der Waals surface area contributed by atoms with Gasteiger partial charge in [-0.3, -0.25) is 0 Å². The Morgan fingerprint density at radius 1 is 0.682 bits per heavy atom. The predicted molar refractivity (Wildman–Crippen MR) is 184 cm³/mol. The smallest absolute Gasteiger partial charge is 0.0998 e. The van der Waals surface area contributed by atoms with Crippen LogP contribution in [0.25, 0.3) is 65.7 Å². The molecule has 0 fully saturated rings. The molecule has 4 nitrogen and oxygen atoms in total. The Kier molecular flexibility index (Phi) is 7.34. The number of hydrogen-bond donors (Lipinski definition) is 2. The third-order valence-corrected chi connectivity index (χ3v) is 8.22. The highest BCUT2D eigenvalue weighted by molar-refractivity contribution is 6.24. The molecule has 6 aromatic rings. The number of nitriles is 2. The Morgan fingerprint density at radius 2 is 1.14 bits per heavy atom. The quantitative estimate of drug-likeness (QED) is 0.0874. The summed E-state index contributed by atoms with van der Waals surface area (Å²) in [7, 11) is 0. The van der Waals surface area contributed by atoms with Gasteiger partial charge in [-0.25, -0.2) is 0 Å². The lowest BCUT2D eigenvalue weighted by Gasteiger charge is -2.15. The first-order valence-corrected chi connectivity index (χ1v) is 14.2. The van der Waals surface area contributed by atoms with Gasteiger partial charge in [-0.1, -0.05) is 91.5 Å². The van der Waals surface area contributed by atoms with Crippen molar-refractivity contribution in [2.45, 2.75) is 6.92 Å². The minimum Gasteiger partial charge on any atom is -0.404 e. The van der Waals surface area contributed by atoms with Crippen molar-refractivity contribution in [1.29, 1.82) is 15.9 Å². The number of nitrogens with zero attached hydrogens (tertiary/aromatic N) is 2. The van der Waals surface area contributed by atoms with Crippen LogP contribution >= 0.6 is 0 Å². The normalized spacial score (nSPS) is 12.6. The Morgan fingerprint density at radius 3 is 1.48 bits per heavy atom. The lowest BCUT2D eigenvalue weighted by Crippen LogP contribution is -1.93. The standard InChI is InChI=1S/C40H28N4/c1-3-25(21-41)37(23-43)29-9-5-27(6-10-29)35-17-31-13-15-33-19-36(20-34-16-14-32(18-35)39(31)40(33)34)28-7-11-30(12-8-28)38(24-44)26(4-2)22-42/h3-20,23-24,43H,1,44H2,2H3/b26-4-,37-25-,38-24+,43-23?. The summed E-state index contributed by atoms with van der Waals surface area (Å²) in [5.41, 5.74) is 14.2. The average molecular weight is 565 g/mol. The number of nitrogens with one attached hydrogen (secondary N) is 1. The summed E-state index contributed by atoms with van der Waals surface area (Å²) in [4.78, 5) is 0. The van der Waals surface area contributed by atoms with Crippen molar-refractivity contribution < 1.29 is 0 Å².